The van der Waals surface area contributed by atoms with Gasteiger partial charge in [-0.3, -0.25) is 4.57 Å². The first-order valence-corrected chi connectivity index (χ1v) is 9.63. The fourth-order valence-electron chi connectivity index (χ4n) is 2.82. The zero-order chi connectivity index (χ0) is 19.6. The number of hydrogen-bond acceptors (Lipinski definition) is 5. The maximum atomic E-state index is 12.6. The predicted octanol–water partition coefficient (Wildman–Crippen LogP) is 1.96. The van der Waals surface area contributed by atoms with Gasteiger partial charge in [-0.05, 0) is 37.3 Å². The van der Waals surface area contributed by atoms with Crippen LogP contribution in [0.1, 0.15) is 16.2 Å². The molecule has 0 radical (unpaired) electrons. The van der Waals surface area contributed by atoms with E-state index >= 15 is 0 Å². The Morgan fingerprint density at radius 1 is 1.26 bits per heavy atom. The van der Waals surface area contributed by atoms with Crippen LogP contribution in [0.25, 0.3) is 16.7 Å². The molecule has 0 aliphatic rings. The van der Waals surface area contributed by atoms with Gasteiger partial charge in [0.05, 0.1) is 28.1 Å². The van der Waals surface area contributed by atoms with Crippen molar-refractivity contribution in [1.29, 1.82) is 0 Å². The summed E-state index contributed by atoms with van der Waals surface area (Å²) in [5, 5.41) is 9.43. The largest absolute Gasteiger partial charge is 0.478 e. The summed E-state index contributed by atoms with van der Waals surface area (Å²) in [4.78, 5) is 15.9. The lowest BCUT2D eigenvalue weighted by atomic mass is 10.2. The first kappa shape index (κ1) is 19.0. The van der Waals surface area contributed by atoms with Gasteiger partial charge in [-0.25, -0.2) is 22.9 Å². The quantitative estimate of drug-likeness (QED) is 0.598. The monoisotopic (exact) mass is 389 g/mol. The van der Waals surface area contributed by atoms with E-state index < -0.39 is 16.0 Å². The van der Waals surface area contributed by atoms with Crippen LogP contribution >= 0.6 is 0 Å². The number of benzene rings is 2. The highest BCUT2D eigenvalue weighted by Gasteiger charge is 2.19. The second kappa shape index (κ2) is 7.47. The van der Waals surface area contributed by atoms with Gasteiger partial charge in [0, 0.05) is 19.3 Å². The topological polar surface area (TPSA) is 111 Å². The standard InChI is InChI=1S/C18H19N3O5S/c1-12-20-16-5-3-4-6-17(16)21(12)14-9-13(18(22)23)10-15(11-14)27(24,25)19-7-8-26-2/h3-6,9-11,19H,7-8H2,1-2H3,(H,22,23). The molecule has 0 bridgehead atoms. The fourth-order valence-corrected chi connectivity index (χ4v) is 3.90. The third-order valence-corrected chi connectivity index (χ3v) is 5.47. The number of aromatic nitrogens is 2. The van der Waals surface area contributed by atoms with Crippen molar-refractivity contribution in [2.24, 2.45) is 0 Å². The summed E-state index contributed by atoms with van der Waals surface area (Å²) in [5.74, 6) is -0.596. The molecule has 8 nitrogen and oxygen atoms in total. The first-order valence-electron chi connectivity index (χ1n) is 8.15. The number of fused-ring (bicyclic) bond motifs is 1. The van der Waals surface area contributed by atoms with Crippen molar-refractivity contribution in [3.8, 4) is 5.69 Å². The number of imidazole rings is 1. The number of nitrogens with zero attached hydrogens (tertiary/aromatic N) is 2. The normalized spacial score (nSPS) is 11.8. The lowest BCUT2D eigenvalue weighted by Crippen LogP contribution is -2.27. The molecule has 3 rings (SSSR count). The van der Waals surface area contributed by atoms with Gasteiger partial charge in [-0.15, -0.1) is 0 Å². The van der Waals surface area contributed by atoms with Gasteiger partial charge in [0.1, 0.15) is 5.82 Å². The number of carboxylic acid groups (broad SMARTS) is 1. The first-order chi connectivity index (χ1) is 12.8. The molecule has 0 saturated heterocycles. The summed E-state index contributed by atoms with van der Waals surface area (Å²) < 4.78 is 34.1. The molecule has 0 fully saturated rings. The van der Waals surface area contributed by atoms with E-state index in [0.717, 1.165) is 17.1 Å². The molecule has 0 atom stereocenters. The summed E-state index contributed by atoms with van der Waals surface area (Å²) in [6.45, 7) is 2.06. The SMILES string of the molecule is COCCNS(=O)(=O)c1cc(C(=O)O)cc(-n2c(C)nc3ccccc32)c1. The van der Waals surface area contributed by atoms with Crippen molar-refractivity contribution in [2.45, 2.75) is 11.8 Å². The van der Waals surface area contributed by atoms with Gasteiger partial charge in [-0.2, -0.15) is 0 Å². The Morgan fingerprint density at radius 2 is 2.00 bits per heavy atom. The Labute approximate surface area is 156 Å². The lowest BCUT2D eigenvalue weighted by molar-refractivity contribution is 0.0696. The van der Waals surface area contributed by atoms with Crippen molar-refractivity contribution in [2.75, 3.05) is 20.3 Å². The molecule has 1 aromatic heterocycles. The van der Waals surface area contributed by atoms with Crippen LogP contribution in [0.15, 0.2) is 47.4 Å². The van der Waals surface area contributed by atoms with Crippen LogP contribution < -0.4 is 4.72 Å². The van der Waals surface area contributed by atoms with E-state index in [1.165, 1.54) is 19.2 Å². The minimum atomic E-state index is -3.90. The van der Waals surface area contributed by atoms with E-state index in [0.29, 0.717) is 11.5 Å². The molecule has 1 heterocycles. The van der Waals surface area contributed by atoms with Crippen LogP contribution in [0.2, 0.25) is 0 Å². The number of sulfonamides is 1. The van der Waals surface area contributed by atoms with E-state index in [9.17, 15) is 18.3 Å². The van der Waals surface area contributed by atoms with E-state index in [1.54, 1.807) is 11.5 Å². The van der Waals surface area contributed by atoms with Crippen molar-refractivity contribution < 1.29 is 23.1 Å². The molecule has 2 N–H and O–H groups in total. The number of ether oxygens (including phenoxy) is 1. The van der Waals surface area contributed by atoms with Crippen LogP contribution in [0.5, 0.6) is 0 Å². The molecular weight excluding hydrogens is 370 g/mol. The fraction of sp³-hybridized carbons (Fsp3) is 0.222. The summed E-state index contributed by atoms with van der Waals surface area (Å²) in [6, 6.07) is 11.4. The molecule has 27 heavy (non-hydrogen) atoms. The number of nitrogens with one attached hydrogen (secondary N) is 1. The summed E-state index contributed by atoms with van der Waals surface area (Å²) >= 11 is 0. The molecule has 0 spiro atoms. The molecule has 0 aliphatic carbocycles. The van der Waals surface area contributed by atoms with Crippen LogP contribution in [0, 0.1) is 6.92 Å². The van der Waals surface area contributed by atoms with Gasteiger partial charge in [0.15, 0.2) is 0 Å². The molecule has 2 aromatic carbocycles. The molecule has 0 amide bonds. The van der Waals surface area contributed by atoms with Crippen LogP contribution in [-0.4, -0.2) is 49.3 Å². The highest BCUT2D eigenvalue weighted by atomic mass is 32.2. The van der Waals surface area contributed by atoms with Crippen LogP contribution in [-0.2, 0) is 14.8 Å². The number of methoxy groups -OCH3 is 1. The highest BCUT2D eigenvalue weighted by molar-refractivity contribution is 7.89. The second-order valence-electron chi connectivity index (χ2n) is 5.89. The average Bonchev–Trinajstić information content (AvgIpc) is 2.97. The zero-order valence-corrected chi connectivity index (χ0v) is 15.7. The van der Waals surface area contributed by atoms with Crippen molar-refractivity contribution >= 4 is 27.0 Å². The minimum Gasteiger partial charge on any atom is -0.478 e. The minimum absolute atomic E-state index is 0.0818. The van der Waals surface area contributed by atoms with Crippen LogP contribution in [0.3, 0.4) is 0 Å². The summed E-state index contributed by atoms with van der Waals surface area (Å²) in [7, 11) is -2.43. The number of para-hydroxylation sites is 2. The number of rotatable bonds is 7. The zero-order valence-electron chi connectivity index (χ0n) is 14.8. The van der Waals surface area contributed by atoms with E-state index in [2.05, 4.69) is 9.71 Å². The molecule has 3 aromatic rings. The Bertz CT molecular complexity index is 1110. The molecule has 0 saturated carbocycles. The highest BCUT2D eigenvalue weighted by Crippen LogP contribution is 2.24. The van der Waals surface area contributed by atoms with Crippen molar-refractivity contribution in [3.63, 3.8) is 0 Å². The second-order valence-corrected chi connectivity index (χ2v) is 7.66. The summed E-state index contributed by atoms with van der Waals surface area (Å²) in [6.07, 6.45) is 0. The molecule has 142 valence electrons. The third-order valence-electron chi connectivity index (χ3n) is 4.03. The number of aromatic carboxylic acids is 1. The third kappa shape index (κ3) is 3.85. The van der Waals surface area contributed by atoms with Gasteiger partial charge in [0.25, 0.3) is 0 Å². The maximum Gasteiger partial charge on any atom is 0.335 e. The molecule has 0 aliphatic heterocycles. The smallest absolute Gasteiger partial charge is 0.335 e. The predicted molar refractivity (Wildman–Crippen MR) is 99.8 cm³/mol. The molecular formula is C18H19N3O5S. The average molecular weight is 389 g/mol. The maximum absolute atomic E-state index is 12.6. The van der Waals surface area contributed by atoms with Gasteiger partial charge in [-0.1, -0.05) is 12.1 Å². The van der Waals surface area contributed by atoms with Gasteiger partial charge < -0.3 is 9.84 Å². The Morgan fingerprint density at radius 3 is 2.70 bits per heavy atom. The number of carbonyl (C=O) groups is 1. The van der Waals surface area contributed by atoms with E-state index in [1.807, 2.05) is 24.3 Å². The van der Waals surface area contributed by atoms with Crippen LogP contribution in [0.4, 0.5) is 0 Å². The van der Waals surface area contributed by atoms with E-state index in [-0.39, 0.29) is 23.6 Å². The van der Waals surface area contributed by atoms with Crippen molar-refractivity contribution in [3.05, 3.63) is 53.9 Å². The van der Waals surface area contributed by atoms with Gasteiger partial charge in [0.2, 0.25) is 10.0 Å². The lowest BCUT2D eigenvalue weighted by Gasteiger charge is -2.12. The number of aryl methyl sites for hydroxylation is 1. The van der Waals surface area contributed by atoms with Crippen molar-refractivity contribution in [1.82, 2.24) is 14.3 Å². The molecule has 9 heteroatoms. The number of hydrogen-bond donors (Lipinski definition) is 2. The number of carboxylic acids is 1. The van der Waals surface area contributed by atoms with E-state index in [4.69, 9.17) is 4.74 Å². The van der Waals surface area contributed by atoms with Gasteiger partial charge >= 0.3 is 5.97 Å². The summed E-state index contributed by atoms with van der Waals surface area (Å²) in [5.41, 5.74) is 1.77. The Hall–Kier alpha value is -2.75. The Kier molecular flexibility index (Phi) is 5.26. The Balaban J connectivity index is 2.18. The molecule has 0 unspecified atom stereocenters.